The monoisotopic (exact) mass is 369 g/mol. The number of anilines is 1. The van der Waals surface area contributed by atoms with Crippen LogP contribution >= 0.6 is 11.6 Å². The standard InChI is InChI=1S/C18H28ClN3O3/c1-13-7-4-5-9-22(13)10-6-8-20-18(23)21-15-12-16(24-2)14(19)11-17(15)25-3/h11-13H,4-10H2,1-3H3,(H2,20,21,23)/t13-/m0/s1. The molecule has 0 radical (unpaired) electrons. The molecule has 1 atom stereocenters. The molecule has 1 fully saturated rings. The van der Waals surface area contributed by atoms with E-state index in [4.69, 9.17) is 21.1 Å². The van der Waals surface area contributed by atoms with Crippen LogP contribution in [0.3, 0.4) is 0 Å². The summed E-state index contributed by atoms with van der Waals surface area (Å²) < 4.78 is 10.4. The van der Waals surface area contributed by atoms with Crippen molar-refractivity contribution in [3.05, 3.63) is 17.2 Å². The van der Waals surface area contributed by atoms with E-state index in [1.807, 2.05) is 0 Å². The molecule has 2 amide bonds. The molecule has 1 saturated heterocycles. The summed E-state index contributed by atoms with van der Waals surface area (Å²) in [6.45, 7) is 5.08. The molecule has 0 spiro atoms. The number of methoxy groups -OCH3 is 2. The number of halogens is 1. The van der Waals surface area contributed by atoms with Crippen molar-refractivity contribution in [1.29, 1.82) is 0 Å². The van der Waals surface area contributed by atoms with Gasteiger partial charge >= 0.3 is 6.03 Å². The Hall–Kier alpha value is -1.66. The summed E-state index contributed by atoms with van der Waals surface area (Å²) in [4.78, 5) is 14.6. The maximum Gasteiger partial charge on any atom is 0.319 e. The molecule has 0 aliphatic carbocycles. The normalized spacial score (nSPS) is 17.8. The third-order valence-corrected chi connectivity index (χ3v) is 4.87. The van der Waals surface area contributed by atoms with E-state index in [9.17, 15) is 4.79 Å². The van der Waals surface area contributed by atoms with Crippen LogP contribution in [0.5, 0.6) is 11.5 Å². The number of amides is 2. The van der Waals surface area contributed by atoms with Gasteiger partial charge in [0.15, 0.2) is 0 Å². The first-order valence-corrected chi connectivity index (χ1v) is 9.13. The zero-order valence-corrected chi connectivity index (χ0v) is 16.0. The van der Waals surface area contributed by atoms with Crippen LogP contribution in [-0.2, 0) is 0 Å². The Balaban J connectivity index is 1.80. The van der Waals surface area contributed by atoms with Gasteiger partial charge in [-0.05, 0) is 32.7 Å². The molecule has 2 N–H and O–H groups in total. The number of hydrogen-bond donors (Lipinski definition) is 2. The zero-order valence-electron chi connectivity index (χ0n) is 15.2. The molecule has 7 heteroatoms. The second-order valence-corrected chi connectivity index (χ2v) is 6.71. The first-order valence-electron chi connectivity index (χ1n) is 8.75. The lowest BCUT2D eigenvalue weighted by Crippen LogP contribution is -2.39. The summed E-state index contributed by atoms with van der Waals surface area (Å²) in [6.07, 6.45) is 4.80. The molecule has 1 aromatic carbocycles. The van der Waals surface area contributed by atoms with Crippen LogP contribution in [0.2, 0.25) is 5.02 Å². The molecule has 1 aromatic rings. The zero-order chi connectivity index (χ0) is 18.2. The number of piperidine rings is 1. The van der Waals surface area contributed by atoms with E-state index in [1.54, 1.807) is 12.1 Å². The first kappa shape index (κ1) is 19.7. The third-order valence-electron chi connectivity index (χ3n) is 4.57. The minimum atomic E-state index is -0.269. The number of rotatable bonds is 7. The Morgan fingerprint density at radius 1 is 1.28 bits per heavy atom. The molecular weight excluding hydrogens is 342 g/mol. The van der Waals surface area contributed by atoms with Gasteiger partial charge in [-0.1, -0.05) is 18.0 Å². The Labute approximate surface area is 154 Å². The highest BCUT2D eigenvalue weighted by Gasteiger charge is 2.17. The minimum absolute atomic E-state index is 0.269. The van der Waals surface area contributed by atoms with Crippen molar-refractivity contribution in [3.63, 3.8) is 0 Å². The topological polar surface area (TPSA) is 62.8 Å². The van der Waals surface area contributed by atoms with Crippen LogP contribution in [0, 0.1) is 0 Å². The van der Waals surface area contributed by atoms with Gasteiger partial charge in [0.25, 0.3) is 0 Å². The van der Waals surface area contributed by atoms with Crippen LogP contribution in [0.25, 0.3) is 0 Å². The summed E-state index contributed by atoms with van der Waals surface area (Å²) in [7, 11) is 3.06. The maximum absolute atomic E-state index is 12.1. The van der Waals surface area contributed by atoms with Gasteiger partial charge in [-0.2, -0.15) is 0 Å². The molecule has 6 nitrogen and oxygen atoms in total. The van der Waals surface area contributed by atoms with Crippen LogP contribution in [0.1, 0.15) is 32.6 Å². The second-order valence-electron chi connectivity index (χ2n) is 6.30. The second kappa shape index (κ2) is 9.73. The van der Waals surface area contributed by atoms with Gasteiger partial charge in [0.1, 0.15) is 11.5 Å². The summed E-state index contributed by atoms with van der Waals surface area (Å²) in [5.74, 6) is 0.972. The average Bonchev–Trinajstić information content (AvgIpc) is 2.61. The number of hydrogen-bond acceptors (Lipinski definition) is 4. The van der Waals surface area contributed by atoms with Crippen molar-refractivity contribution in [2.45, 2.75) is 38.6 Å². The summed E-state index contributed by atoms with van der Waals surface area (Å²) in [5.41, 5.74) is 0.519. The van der Waals surface area contributed by atoms with Crippen molar-refractivity contribution in [2.75, 3.05) is 39.2 Å². The number of likely N-dealkylation sites (tertiary alicyclic amines) is 1. The highest BCUT2D eigenvalue weighted by molar-refractivity contribution is 6.32. The molecule has 0 saturated carbocycles. The van der Waals surface area contributed by atoms with Crippen molar-refractivity contribution in [3.8, 4) is 11.5 Å². The van der Waals surface area contributed by atoms with E-state index < -0.39 is 0 Å². The lowest BCUT2D eigenvalue weighted by Gasteiger charge is -2.33. The van der Waals surface area contributed by atoms with E-state index >= 15 is 0 Å². The number of benzene rings is 1. The fraction of sp³-hybridized carbons (Fsp3) is 0.611. The van der Waals surface area contributed by atoms with E-state index in [1.165, 1.54) is 33.5 Å². The molecule has 1 aliphatic rings. The smallest absolute Gasteiger partial charge is 0.319 e. The summed E-state index contributed by atoms with van der Waals surface area (Å²) >= 11 is 6.07. The lowest BCUT2D eigenvalue weighted by atomic mass is 10.0. The highest BCUT2D eigenvalue weighted by Crippen LogP contribution is 2.35. The van der Waals surface area contributed by atoms with E-state index in [-0.39, 0.29) is 6.03 Å². The predicted molar refractivity (Wildman–Crippen MR) is 101 cm³/mol. The van der Waals surface area contributed by atoms with Gasteiger partial charge in [-0.25, -0.2) is 4.79 Å². The lowest BCUT2D eigenvalue weighted by molar-refractivity contribution is 0.159. The fourth-order valence-corrected chi connectivity index (χ4v) is 3.33. The first-order chi connectivity index (χ1) is 12.0. The minimum Gasteiger partial charge on any atom is -0.495 e. The summed E-state index contributed by atoms with van der Waals surface area (Å²) in [5, 5.41) is 6.10. The molecule has 140 valence electrons. The van der Waals surface area contributed by atoms with Gasteiger partial charge < -0.3 is 25.0 Å². The van der Waals surface area contributed by atoms with E-state index in [0.29, 0.717) is 34.8 Å². The largest absolute Gasteiger partial charge is 0.495 e. The molecule has 0 aromatic heterocycles. The Morgan fingerprint density at radius 2 is 2.04 bits per heavy atom. The molecule has 2 rings (SSSR count). The number of nitrogens with zero attached hydrogens (tertiary/aromatic N) is 1. The third kappa shape index (κ3) is 5.68. The average molecular weight is 370 g/mol. The van der Waals surface area contributed by atoms with Crippen LogP contribution in [0.15, 0.2) is 12.1 Å². The Bertz CT molecular complexity index is 583. The van der Waals surface area contributed by atoms with Gasteiger partial charge in [0.05, 0.1) is 24.9 Å². The quantitative estimate of drug-likeness (QED) is 0.718. The number of ether oxygens (including phenoxy) is 2. The molecule has 1 aliphatic heterocycles. The predicted octanol–water partition coefficient (Wildman–Crippen LogP) is 3.74. The molecule has 1 heterocycles. The van der Waals surface area contributed by atoms with Crippen molar-refractivity contribution < 1.29 is 14.3 Å². The Kier molecular flexibility index (Phi) is 7.65. The van der Waals surface area contributed by atoms with Crippen molar-refractivity contribution in [2.24, 2.45) is 0 Å². The van der Waals surface area contributed by atoms with Crippen molar-refractivity contribution >= 4 is 23.3 Å². The summed E-state index contributed by atoms with van der Waals surface area (Å²) in [6, 6.07) is 3.65. The van der Waals surface area contributed by atoms with E-state index in [0.717, 1.165) is 19.5 Å². The molecule has 0 bridgehead atoms. The van der Waals surface area contributed by atoms with Gasteiger partial charge in [0.2, 0.25) is 0 Å². The Morgan fingerprint density at radius 3 is 2.72 bits per heavy atom. The van der Waals surface area contributed by atoms with Crippen molar-refractivity contribution in [1.82, 2.24) is 10.2 Å². The van der Waals surface area contributed by atoms with Gasteiger partial charge in [-0.3, -0.25) is 0 Å². The molecular formula is C18H28ClN3O3. The SMILES string of the molecule is COc1cc(NC(=O)NCCCN2CCCC[C@@H]2C)c(OC)cc1Cl. The fourth-order valence-electron chi connectivity index (χ4n) is 3.10. The van der Waals surface area contributed by atoms with Gasteiger partial charge in [-0.15, -0.1) is 0 Å². The highest BCUT2D eigenvalue weighted by atomic mass is 35.5. The number of urea groups is 1. The number of carbonyl (C=O) groups excluding carboxylic acids is 1. The van der Waals surface area contributed by atoms with Crippen LogP contribution in [-0.4, -0.2) is 50.8 Å². The van der Waals surface area contributed by atoms with Gasteiger partial charge in [0, 0.05) is 31.3 Å². The maximum atomic E-state index is 12.1. The molecule has 25 heavy (non-hydrogen) atoms. The number of nitrogens with one attached hydrogen (secondary N) is 2. The number of carbonyl (C=O) groups is 1. The van der Waals surface area contributed by atoms with E-state index in [2.05, 4.69) is 22.5 Å². The van der Waals surface area contributed by atoms with Crippen LogP contribution in [0.4, 0.5) is 10.5 Å². The molecule has 0 unspecified atom stereocenters. The van der Waals surface area contributed by atoms with Crippen LogP contribution < -0.4 is 20.1 Å².